The van der Waals surface area contributed by atoms with E-state index in [1.165, 1.54) is 0 Å². The molecule has 1 saturated heterocycles. The van der Waals surface area contributed by atoms with Gasteiger partial charge in [0.2, 0.25) is 0 Å². The number of pyridine rings is 1. The molecule has 164 valence electrons. The molecule has 3 aromatic rings. The molecule has 0 N–H and O–H groups in total. The van der Waals surface area contributed by atoms with Crippen LogP contribution in [0.1, 0.15) is 40.4 Å². The Bertz CT molecular complexity index is 1040. The smallest absolute Gasteiger partial charge is 0.410 e. The zero-order valence-corrected chi connectivity index (χ0v) is 18.1. The van der Waals surface area contributed by atoms with Crippen molar-refractivity contribution in [1.82, 2.24) is 9.88 Å². The largest absolute Gasteiger partial charge is 0.459 e. The van der Waals surface area contributed by atoms with E-state index in [9.17, 15) is 9.59 Å². The maximum Gasteiger partial charge on any atom is 0.410 e. The summed E-state index contributed by atoms with van der Waals surface area (Å²) in [6.45, 7) is 0.585. The molecule has 1 aromatic heterocycles. The maximum atomic E-state index is 12.9. The molecule has 0 saturated carbocycles. The van der Waals surface area contributed by atoms with Gasteiger partial charge in [-0.15, -0.1) is 0 Å². The highest BCUT2D eigenvalue weighted by Gasteiger charge is 2.35. The van der Waals surface area contributed by atoms with E-state index >= 15 is 0 Å². The van der Waals surface area contributed by atoms with E-state index in [-0.39, 0.29) is 24.7 Å². The van der Waals surface area contributed by atoms with E-state index in [0.717, 1.165) is 11.1 Å². The summed E-state index contributed by atoms with van der Waals surface area (Å²) in [5.74, 6) is -0.372. The van der Waals surface area contributed by atoms with Gasteiger partial charge in [0.05, 0.1) is 11.6 Å². The first-order valence-corrected chi connectivity index (χ1v) is 10.8. The topological polar surface area (TPSA) is 68.7 Å². The molecule has 4 rings (SSSR count). The Hall–Kier alpha value is -3.38. The molecule has 6 nitrogen and oxygen atoms in total. The molecule has 2 heterocycles. The quantitative estimate of drug-likeness (QED) is 0.382. The van der Waals surface area contributed by atoms with Crippen LogP contribution in [0.4, 0.5) is 4.79 Å². The Morgan fingerprint density at radius 3 is 2.41 bits per heavy atom. The Labute approximate surface area is 191 Å². The lowest BCUT2D eigenvalue weighted by molar-refractivity contribution is -0.00512. The van der Waals surface area contributed by atoms with Crippen LogP contribution in [0.5, 0.6) is 0 Å². The first kappa shape index (κ1) is 21.8. The number of aromatic nitrogens is 1. The first-order chi connectivity index (χ1) is 15.6. The average Bonchev–Trinajstić information content (AvgIpc) is 2.84. The standard InChI is InChI=1S/C25H23ClN2O4/c26-23-12-11-20(16-27-23)22-15-21(32-24(29)19-9-5-2-6-10-19)13-14-28(22)25(30)31-17-18-7-3-1-4-8-18/h1-12,16,21-22H,13-15,17H2. The Morgan fingerprint density at radius 1 is 1.00 bits per heavy atom. The number of piperidine rings is 1. The van der Waals surface area contributed by atoms with Crippen molar-refractivity contribution in [3.63, 3.8) is 0 Å². The van der Waals surface area contributed by atoms with Crippen molar-refractivity contribution >= 4 is 23.7 Å². The number of benzene rings is 2. The number of esters is 1. The van der Waals surface area contributed by atoms with Crippen LogP contribution in [0.15, 0.2) is 79.0 Å². The maximum absolute atomic E-state index is 12.9. The van der Waals surface area contributed by atoms with Crippen LogP contribution in [-0.2, 0) is 16.1 Å². The molecule has 32 heavy (non-hydrogen) atoms. The van der Waals surface area contributed by atoms with Crippen molar-refractivity contribution in [2.45, 2.75) is 31.6 Å². The van der Waals surface area contributed by atoms with Gasteiger partial charge in [-0.2, -0.15) is 0 Å². The summed E-state index contributed by atoms with van der Waals surface area (Å²) < 4.78 is 11.3. The number of carbonyl (C=O) groups excluding carboxylic acids is 2. The number of likely N-dealkylation sites (tertiary alicyclic amines) is 1. The van der Waals surface area contributed by atoms with Gasteiger partial charge in [0, 0.05) is 25.6 Å². The van der Waals surface area contributed by atoms with Crippen molar-refractivity contribution in [2.24, 2.45) is 0 Å². The van der Waals surface area contributed by atoms with Gasteiger partial charge in [-0.05, 0) is 29.3 Å². The molecule has 1 amide bonds. The van der Waals surface area contributed by atoms with Gasteiger partial charge in [0.1, 0.15) is 17.9 Å². The minimum atomic E-state index is -0.415. The third-order valence-corrected chi connectivity index (χ3v) is 5.64. The van der Waals surface area contributed by atoms with Crippen molar-refractivity contribution in [1.29, 1.82) is 0 Å². The minimum absolute atomic E-state index is 0.189. The number of carbonyl (C=O) groups is 2. The van der Waals surface area contributed by atoms with E-state index in [0.29, 0.717) is 30.1 Å². The lowest BCUT2D eigenvalue weighted by Crippen LogP contribution is -2.44. The van der Waals surface area contributed by atoms with Crippen LogP contribution in [0.2, 0.25) is 5.15 Å². The molecule has 2 unspecified atom stereocenters. The number of ether oxygens (including phenoxy) is 2. The molecule has 7 heteroatoms. The minimum Gasteiger partial charge on any atom is -0.459 e. The van der Waals surface area contributed by atoms with E-state index in [2.05, 4.69) is 4.98 Å². The van der Waals surface area contributed by atoms with E-state index in [1.54, 1.807) is 41.4 Å². The van der Waals surface area contributed by atoms with E-state index in [4.69, 9.17) is 21.1 Å². The molecule has 0 aliphatic carbocycles. The van der Waals surface area contributed by atoms with Gasteiger partial charge < -0.3 is 14.4 Å². The zero-order chi connectivity index (χ0) is 22.3. The summed E-state index contributed by atoms with van der Waals surface area (Å²) in [4.78, 5) is 31.3. The van der Waals surface area contributed by atoms with Gasteiger partial charge in [0.15, 0.2) is 0 Å². The van der Waals surface area contributed by atoms with Crippen LogP contribution in [0.25, 0.3) is 0 Å². The predicted octanol–water partition coefficient (Wildman–Crippen LogP) is 5.43. The Balaban J connectivity index is 1.47. The second-order valence-corrected chi connectivity index (χ2v) is 7.97. The van der Waals surface area contributed by atoms with Crippen LogP contribution >= 0.6 is 11.6 Å². The molecular weight excluding hydrogens is 428 g/mol. The summed E-state index contributed by atoms with van der Waals surface area (Å²) in [5, 5.41) is 0.370. The zero-order valence-electron chi connectivity index (χ0n) is 17.4. The van der Waals surface area contributed by atoms with Crippen LogP contribution in [0, 0.1) is 0 Å². The number of nitrogens with zero attached hydrogens (tertiary/aromatic N) is 2. The van der Waals surface area contributed by atoms with Crippen LogP contribution < -0.4 is 0 Å². The lowest BCUT2D eigenvalue weighted by Gasteiger charge is -2.38. The Morgan fingerprint density at radius 2 is 1.72 bits per heavy atom. The fraction of sp³-hybridized carbons (Fsp3) is 0.240. The molecule has 2 atom stereocenters. The highest BCUT2D eigenvalue weighted by atomic mass is 35.5. The third-order valence-electron chi connectivity index (χ3n) is 5.41. The average molecular weight is 451 g/mol. The van der Waals surface area contributed by atoms with Crippen molar-refractivity contribution in [3.05, 3.63) is 101 Å². The van der Waals surface area contributed by atoms with E-state index in [1.807, 2.05) is 42.5 Å². The number of hydrogen-bond acceptors (Lipinski definition) is 5. The van der Waals surface area contributed by atoms with Crippen LogP contribution in [0.3, 0.4) is 0 Å². The Kier molecular flexibility index (Phi) is 7.02. The number of rotatable bonds is 5. The number of hydrogen-bond donors (Lipinski definition) is 0. The third kappa shape index (κ3) is 5.45. The molecular formula is C25H23ClN2O4. The second kappa shape index (κ2) is 10.3. The van der Waals surface area contributed by atoms with Crippen molar-refractivity contribution in [3.8, 4) is 0 Å². The summed E-state index contributed by atoms with van der Waals surface area (Å²) in [7, 11) is 0. The summed E-state index contributed by atoms with van der Waals surface area (Å²) in [5.41, 5.74) is 2.23. The molecule has 0 spiro atoms. The number of halogens is 1. The summed E-state index contributed by atoms with van der Waals surface area (Å²) >= 11 is 5.95. The number of amides is 1. The molecule has 1 aliphatic rings. The van der Waals surface area contributed by atoms with Crippen molar-refractivity contribution in [2.75, 3.05) is 6.54 Å². The van der Waals surface area contributed by atoms with E-state index < -0.39 is 6.09 Å². The van der Waals surface area contributed by atoms with Gasteiger partial charge in [-0.1, -0.05) is 66.2 Å². The van der Waals surface area contributed by atoms with Gasteiger partial charge in [-0.25, -0.2) is 14.6 Å². The van der Waals surface area contributed by atoms with Gasteiger partial charge in [0.25, 0.3) is 0 Å². The SMILES string of the molecule is O=C(OC1CCN(C(=O)OCc2ccccc2)C(c2ccc(Cl)nc2)C1)c1ccccc1. The monoisotopic (exact) mass is 450 g/mol. The summed E-state index contributed by atoms with van der Waals surface area (Å²) in [6.07, 6.45) is 1.87. The highest BCUT2D eigenvalue weighted by molar-refractivity contribution is 6.29. The fourth-order valence-corrected chi connectivity index (χ4v) is 3.87. The predicted molar refractivity (Wildman–Crippen MR) is 120 cm³/mol. The first-order valence-electron chi connectivity index (χ1n) is 10.4. The highest BCUT2D eigenvalue weighted by Crippen LogP contribution is 2.33. The molecule has 2 aromatic carbocycles. The van der Waals surface area contributed by atoms with Gasteiger partial charge >= 0.3 is 12.1 Å². The molecule has 0 bridgehead atoms. The normalized spacial score (nSPS) is 18.1. The molecule has 0 radical (unpaired) electrons. The van der Waals surface area contributed by atoms with Crippen molar-refractivity contribution < 1.29 is 19.1 Å². The van der Waals surface area contributed by atoms with Gasteiger partial charge in [-0.3, -0.25) is 0 Å². The van der Waals surface area contributed by atoms with Crippen LogP contribution in [-0.4, -0.2) is 34.6 Å². The lowest BCUT2D eigenvalue weighted by atomic mass is 9.94. The molecule has 1 fully saturated rings. The fourth-order valence-electron chi connectivity index (χ4n) is 3.75. The second-order valence-electron chi connectivity index (χ2n) is 7.58. The molecule has 1 aliphatic heterocycles. The summed E-state index contributed by atoms with van der Waals surface area (Å²) in [6, 6.07) is 21.6.